The van der Waals surface area contributed by atoms with E-state index in [-0.39, 0.29) is 17.2 Å². The Bertz CT molecular complexity index is 704. The van der Waals surface area contributed by atoms with Gasteiger partial charge in [0.15, 0.2) is 17.6 Å². The fraction of sp³-hybridized carbons (Fsp3) is 0.583. The fourth-order valence-electron chi connectivity index (χ4n) is 2.60. The maximum absolute atomic E-state index is 14.4. The van der Waals surface area contributed by atoms with Crippen LogP contribution >= 0.6 is 0 Å². The summed E-state index contributed by atoms with van der Waals surface area (Å²) in [6.07, 6.45) is -3.48. The van der Waals surface area contributed by atoms with E-state index in [9.17, 15) is 19.7 Å². The number of imidazole rings is 1. The lowest BCUT2D eigenvalue weighted by Gasteiger charge is -2.27. The number of hydrogen-bond acceptors (Lipinski definition) is 8. The van der Waals surface area contributed by atoms with Gasteiger partial charge in [0.25, 0.3) is 0 Å². The van der Waals surface area contributed by atoms with Crippen molar-refractivity contribution in [1.29, 1.82) is 0 Å². The third-order valence-corrected chi connectivity index (χ3v) is 3.84. The Kier molecular flexibility index (Phi) is 3.48. The second-order valence-electron chi connectivity index (χ2n) is 5.27. The minimum absolute atomic E-state index is 0.128. The number of aliphatic hydroxyl groups is 3. The summed E-state index contributed by atoms with van der Waals surface area (Å²) in [6.45, 7) is 0.158. The van der Waals surface area contributed by atoms with Gasteiger partial charge in [-0.3, -0.25) is 0 Å². The fourth-order valence-corrected chi connectivity index (χ4v) is 2.60. The lowest BCUT2D eigenvalue weighted by Crippen LogP contribution is -2.48. The van der Waals surface area contributed by atoms with Gasteiger partial charge in [-0.05, 0) is 6.92 Å². The monoisotopic (exact) mass is 313 g/mol. The standard InChI is InChI=1S/C12H16FN5O4/c1-5-16-10(14)11-15-2-6(18(11)17-5)8-7(13)9(21)12(3-19,4-20)22-8/h2,7-9,19-21H,3-4H2,1H3,(H2,14,16,17)/t7-,8-,9-/m0/s1. The van der Waals surface area contributed by atoms with Crippen molar-refractivity contribution < 1.29 is 24.4 Å². The summed E-state index contributed by atoms with van der Waals surface area (Å²) in [5, 5.41) is 32.7. The Labute approximate surface area is 124 Å². The largest absolute Gasteiger partial charge is 0.393 e. The smallest absolute Gasteiger partial charge is 0.196 e. The van der Waals surface area contributed by atoms with Gasteiger partial charge in [0.2, 0.25) is 0 Å². The van der Waals surface area contributed by atoms with Crippen molar-refractivity contribution in [2.24, 2.45) is 0 Å². The number of rotatable bonds is 3. The number of nitrogen functional groups attached to an aromatic ring is 1. The van der Waals surface area contributed by atoms with Crippen LogP contribution in [-0.2, 0) is 4.74 Å². The van der Waals surface area contributed by atoms with Crippen LogP contribution in [0.5, 0.6) is 0 Å². The molecule has 10 heteroatoms. The number of halogens is 1. The van der Waals surface area contributed by atoms with Crippen molar-refractivity contribution in [3.63, 3.8) is 0 Å². The maximum atomic E-state index is 14.4. The van der Waals surface area contributed by atoms with Crippen molar-refractivity contribution in [2.45, 2.75) is 30.9 Å². The zero-order valence-corrected chi connectivity index (χ0v) is 11.7. The first-order valence-corrected chi connectivity index (χ1v) is 6.63. The Morgan fingerprint density at radius 1 is 1.45 bits per heavy atom. The summed E-state index contributed by atoms with van der Waals surface area (Å²) in [7, 11) is 0. The first-order valence-electron chi connectivity index (χ1n) is 6.63. The average Bonchev–Trinajstić information content (AvgIpc) is 3.01. The molecule has 1 aliphatic heterocycles. The highest BCUT2D eigenvalue weighted by Gasteiger charge is 2.56. The first-order chi connectivity index (χ1) is 10.4. The van der Waals surface area contributed by atoms with Crippen LogP contribution < -0.4 is 5.73 Å². The van der Waals surface area contributed by atoms with E-state index in [1.54, 1.807) is 6.92 Å². The molecule has 22 heavy (non-hydrogen) atoms. The molecule has 0 spiro atoms. The summed E-state index contributed by atoms with van der Waals surface area (Å²) in [4.78, 5) is 7.98. The van der Waals surface area contributed by atoms with Crippen LogP contribution in [0.3, 0.4) is 0 Å². The molecule has 0 aromatic carbocycles. The number of ether oxygens (including phenoxy) is 1. The lowest BCUT2D eigenvalue weighted by atomic mass is 9.96. The number of nitrogens with two attached hydrogens (primary N) is 1. The van der Waals surface area contributed by atoms with Gasteiger partial charge in [0, 0.05) is 0 Å². The molecule has 9 nitrogen and oxygen atoms in total. The molecule has 3 heterocycles. The zero-order chi connectivity index (χ0) is 16.1. The molecule has 0 unspecified atom stereocenters. The van der Waals surface area contributed by atoms with E-state index in [1.165, 1.54) is 10.7 Å². The molecular formula is C12H16FN5O4. The molecule has 2 aromatic heterocycles. The number of aryl methyl sites for hydroxylation is 1. The second kappa shape index (κ2) is 5.09. The lowest BCUT2D eigenvalue weighted by molar-refractivity contribution is -0.137. The Hall–Kier alpha value is -1.88. The second-order valence-corrected chi connectivity index (χ2v) is 5.27. The first kappa shape index (κ1) is 15.0. The van der Waals surface area contributed by atoms with E-state index in [1.807, 2.05) is 0 Å². The third kappa shape index (κ3) is 1.96. The number of nitrogens with zero attached hydrogens (tertiary/aromatic N) is 4. The van der Waals surface area contributed by atoms with E-state index in [4.69, 9.17) is 10.5 Å². The van der Waals surface area contributed by atoms with Gasteiger partial charge in [-0.25, -0.2) is 18.9 Å². The average molecular weight is 313 g/mol. The van der Waals surface area contributed by atoms with Gasteiger partial charge in [-0.15, -0.1) is 0 Å². The molecule has 0 bridgehead atoms. The summed E-state index contributed by atoms with van der Waals surface area (Å²) in [5.74, 6) is 0.483. The van der Waals surface area contributed by atoms with Gasteiger partial charge in [0.05, 0.1) is 25.1 Å². The van der Waals surface area contributed by atoms with Gasteiger partial charge in [-0.1, -0.05) is 0 Å². The molecule has 5 N–H and O–H groups in total. The highest BCUT2D eigenvalue weighted by Crippen LogP contribution is 2.41. The van der Waals surface area contributed by atoms with Gasteiger partial charge in [-0.2, -0.15) is 5.10 Å². The maximum Gasteiger partial charge on any atom is 0.196 e. The van der Waals surface area contributed by atoms with Crippen LogP contribution in [0, 0.1) is 6.92 Å². The summed E-state index contributed by atoms with van der Waals surface area (Å²) < 4.78 is 21.1. The number of fused-ring (bicyclic) bond motifs is 1. The van der Waals surface area contributed by atoms with Crippen LogP contribution in [0.25, 0.3) is 5.65 Å². The molecular weight excluding hydrogens is 297 g/mol. The molecule has 1 saturated heterocycles. The minimum Gasteiger partial charge on any atom is -0.393 e. The molecule has 0 saturated carbocycles. The SMILES string of the molecule is Cc1nc(N)c2ncc([C@@H]3OC(CO)(CO)[C@@H](O)[C@H]3F)n2n1. The number of aromatic nitrogens is 4. The summed E-state index contributed by atoms with van der Waals surface area (Å²) in [5.41, 5.74) is 4.41. The van der Waals surface area contributed by atoms with Gasteiger partial charge >= 0.3 is 0 Å². The Balaban J connectivity index is 2.09. The van der Waals surface area contributed by atoms with Gasteiger partial charge in [0.1, 0.15) is 23.6 Å². The van der Waals surface area contributed by atoms with Crippen molar-refractivity contribution in [2.75, 3.05) is 18.9 Å². The van der Waals surface area contributed by atoms with Gasteiger partial charge < -0.3 is 25.8 Å². The Morgan fingerprint density at radius 2 is 2.14 bits per heavy atom. The number of aliphatic hydroxyl groups excluding tert-OH is 3. The zero-order valence-electron chi connectivity index (χ0n) is 11.7. The third-order valence-electron chi connectivity index (χ3n) is 3.84. The predicted octanol–water partition coefficient (Wildman–Crippen LogP) is -1.49. The number of alkyl halides is 1. The normalized spacial score (nSPS) is 27.6. The molecule has 0 aliphatic carbocycles. The van der Waals surface area contributed by atoms with E-state index in [0.717, 1.165) is 0 Å². The van der Waals surface area contributed by atoms with E-state index >= 15 is 0 Å². The number of anilines is 1. The van der Waals surface area contributed by atoms with Crippen molar-refractivity contribution in [3.8, 4) is 0 Å². The molecule has 2 aromatic rings. The quantitative estimate of drug-likeness (QED) is 0.537. The molecule has 0 radical (unpaired) electrons. The molecule has 120 valence electrons. The predicted molar refractivity (Wildman–Crippen MR) is 71.6 cm³/mol. The Morgan fingerprint density at radius 3 is 2.73 bits per heavy atom. The van der Waals surface area contributed by atoms with Crippen LogP contribution in [0.2, 0.25) is 0 Å². The molecule has 3 atom stereocenters. The van der Waals surface area contributed by atoms with E-state index < -0.39 is 37.2 Å². The molecule has 0 amide bonds. The number of hydrogen-bond donors (Lipinski definition) is 4. The molecule has 1 fully saturated rings. The van der Waals surface area contributed by atoms with Crippen molar-refractivity contribution >= 4 is 11.5 Å². The minimum atomic E-state index is -1.87. The van der Waals surface area contributed by atoms with Crippen LogP contribution in [0.4, 0.5) is 10.2 Å². The summed E-state index contributed by atoms with van der Waals surface area (Å²) in [6, 6.07) is 0. The van der Waals surface area contributed by atoms with E-state index in [0.29, 0.717) is 5.82 Å². The molecule has 1 aliphatic rings. The van der Waals surface area contributed by atoms with Crippen molar-refractivity contribution in [1.82, 2.24) is 19.6 Å². The van der Waals surface area contributed by atoms with Crippen LogP contribution in [0.15, 0.2) is 6.20 Å². The highest BCUT2D eigenvalue weighted by molar-refractivity contribution is 5.59. The molecule has 3 rings (SSSR count). The summed E-state index contributed by atoms with van der Waals surface area (Å²) >= 11 is 0. The highest BCUT2D eigenvalue weighted by atomic mass is 19.1. The topological polar surface area (TPSA) is 139 Å². The van der Waals surface area contributed by atoms with Crippen LogP contribution in [0.1, 0.15) is 17.6 Å². The van der Waals surface area contributed by atoms with Crippen molar-refractivity contribution in [3.05, 3.63) is 17.7 Å². The van der Waals surface area contributed by atoms with E-state index in [2.05, 4.69) is 15.1 Å². The van der Waals surface area contributed by atoms with Crippen LogP contribution in [-0.4, -0.2) is 66.0 Å².